The van der Waals surface area contributed by atoms with Crippen molar-refractivity contribution in [1.29, 1.82) is 0 Å². The average molecular weight is 510 g/mol. The maximum absolute atomic E-state index is 12.9. The molecule has 37 heavy (non-hydrogen) atoms. The molecule has 0 bridgehead atoms. The van der Waals surface area contributed by atoms with E-state index in [1.165, 1.54) is 12.1 Å². The Hall–Kier alpha value is -3.74. The van der Waals surface area contributed by atoms with Crippen molar-refractivity contribution in [2.45, 2.75) is 58.0 Å². The lowest BCUT2D eigenvalue weighted by atomic mass is 9.98. The minimum absolute atomic E-state index is 0.00433. The number of nitrogens with one attached hydrogen (secondary N) is 1. The first-order chi connectivity index (χ1) is 17.9. The Bertz CT molecular complexity index is 1130. The number of hydrogen-bond acceptors (Lipinski definition) is 3. The van der Waals surface area contributed by atoms with Crippen molar-refractivity contribution in [2.24, 2.45) is 0 Å². The van der Waals surface area contributed by atoms with Crippen LogP contribution in [0.1, 0.15) is 79.5 Å². The van der Waals surface area contributed by atoms with Gasteiger partial charge in [-0.1, -0.05) is 74.7 Å². The van der Waals surface area contributed by atoms with Crippen LogP contribution >= 0.6 is 0 Å². The summed E-state index contributed by atoms with van der Waals surface area (Å²) >= 11 is 0. The van der Waals surface area contributed by atoms with Gasteiger partial charge in [0.05, 0.1) is 6.42 Å². The third-order valence-electron chi connectivity index (χ3n) is 6.12. The Labute approximate surface area is 216 Å². The number of carbonyl (C=O) groups excluding carboxylic acids is 1. The number of unbranched alkanes of at least 4 members (excludes halogenated alkanes) is 3. The van der Waals surface area contributed by atoms with Gasteiger partial charge < -0.3 is 15.2 Å². The maximum atomic E-state index is 12.9. The topological polar surface area (TPSA) is 75.6 Å². The van der Waals surface area contributed by atoms with Crippen molar-refractivity contribution in [3.8, 4) is 16.9 Å². The predicted molar refractivity (Wildman–Crippen MR) is 140 cm³/mol. The molecule has 1 unspecified atom stereocenters. The van der Waals surface area contributed by atoms with E-state index in [4.69, 9.17) is 9.84 Å². The third-order valence-corrected chi connectivity index (χ3v) is 6.12. The Morgan fingerprint density at radius 2 is 1.43 bits per heavy atom. The number of hydrogen-bond donors (Lipinski definition) is 2. The molecule has 0 aliphatic carbocycles. The van der Waals surface area contributed by atoms with Gasteiger partial charge in [-0.05, 0) is 53.8 Å². The Morgan fingerprint density at radius 3 is 1.97 bits per heavy atom. The third kappa shape index (κ3) is 8.70. The van der Waals surface area contributed by atoms with Crippen LogP contribution in [0.2, 0.25) is 0 Å². The fourth-order valence-corrected chi connectivity index (χ4v) is 4.00. The minimum atomic E-state index is -2.48. The zero-order chi connectivity index (χ0) is 26.6. The van der Waals surface area contributed by atoms with Crippen LogP contribution in [-0.4, -0.2) is 23.5 Å². The summed E-state index contributed by atoms with van der Waals surface area (Å²) in [5.74, 6) is -0.665. The predicted octanol–water partition coefficient (Wildman–Crippen LogP) is 7.59. The van der Waals surface area contributed by atoms with Crippen LogP contribution in [-0.2, 0) is 4.79 Å². The molecule has 2 N–H and O–H groups in total. The summed E-state index contributed by atoms with van der Waals surface area (Å²) in [5.41, 5.74) is 3.25. The molecule has 5 nitrogen and oxygen atoms in total. The van der Waals surface area contributed by atoms with E-state index in [2.05, 4.69) is 12.2 Å². The molecule has 0 fully saturated rings. The molecule has 3 aromatic carbocycles. The second-order valence-electron chi connectivity index (χ2n) is 8.92. The van der Waals surface area contributed by atoms with Gasteiger partial charge in [0.1, 0.15) is 11.9 Å². The summed E-state index contributed by atoms with van der Waals surface area (Å²) in [7, 11) is 0. The number of carboxylic acids is 1. The first kappa shape index (κ1) is 27.8. The molecule has 0 aliphatic rings. The molecule has 0 spiro atoms. The van der Waals surface area contributed by atoms with E-state index in [9.17, 15) is 18.4 Å². The van der Waals surface area contributed by atoms with Crippen LogP contribution in [0.4, 0.5) is 8.78 Å². The SMILES string of the molecule is CCCCCCC(Oc1ccc(C(=O)NCCC(=O)O)cc1)c1ccc(-c2ccc(C(F)F)cc2)cc1. The highest BCUT2D eigenvalue weighted by molar-refractivity contribution is 5.94. The molecule has 0 radical (unpaired) electrons. The highest BCUT2D eigenvalue weighted by Gasteiger charge is 2.15. The molecule has 0 saturated carbocycles. The number of ether oxygens (including phenoxy) is 1. The van der Waals surface area contributed by atoms with E-state index in [1.54, 1.807) is 36.4 Å². The molecule has 0 aromatic heterocycles. The summed E-state index contributed by atoms with van der Waals surface area (Å²) < 4.78 is 32.0. The fourth-order valence-electron chi connectivity index (χ4n) is 4.00. The van der Waals surface area contributed by atoms with Gasteiger partial charge in [0.15, 0.2) is 0 Å². The van der Waals surface area contributed by atoms with Gasteiger partial charge in [-0.25, -0.2) is 8.78 Å². The first-order valence-corrected chi connectivity index (χ1v) is 12.6. The maximum Gasteiger partial charge on any atom is 0.305 e. The lowest BCUT2D eigenvalue weighted by Crippen LogP contribution is -2.25. The number of amides is 1. The van der Waals surface area contributed by atoms with Gasteiger partial charge in [0.2, 0.25) is 0 Å². The van der Waals surface area contributed by atoms with E-state index < -0.39 is 12.4 Å². The van der Waals surface area contributed by atoms with Gasteiger partial charge in [-0.3, -0.25) is 9.59 Å². The van der Waals surface area contributed by atoms with Crippen LogP contribution in [0.5, 0.6) is 5.75 Å². The number of halogens is 2. The van der Waals surface area contributed by atoms with E-state index in [1.807, 2.05) is 24.3 Å². The average Bonchev–Trinajstić information content (AvgIpc) is 2.90. The Morgan fingerprint density at radius 1 is 0.838 bits per heavy atom. The number of carbonyl (C=O) groups is 2. The van der Waals surface area contributed by atoms with Gasteiger partial charge in [0.25, 0.3) is 12.3 Å². The summed E-state index contributed by atoms with van der Waals surface area (Å²) in [6.45, 7) is 2.23. The van der Waals surface area contributed by atoms with Gasteiger partial charge in [0, 0.05) is 17.7 Å². The molecule has 0 saturated heterocycles. The highest BCUT2D eigenvalue weighted by atomic mass is 19.3. The summed E-state index contributed by atoms with van der Waals surface area (Å²) in [5, 5.41) is 11.3. The molecule has 1 atom stereocenters. The van der Waals surface area contributed by atoms with Gasteiger partial charge in [-0.15, -0.1) is 0 Å². The van der Waals surface area contributed by atoms with Gasteiger partial charge in [-0.2, -0.15) is 0 Å². The second kappa shape index (κ2) is 14.1. The van der Waals surface area contributed by atoms with E-state index >= 15 is 0 Å². The van der Waals surface area contributed by atoms with Crippen LogP contribution in [0.25, 0.3) is 11.1 Å². The second-order valence-corrected chi connectivity index (χ2v) is 8.92. The largest absolute Gasteiger partial charge is 0.486 e. The fraction of sp³-hybridized carbons (Fsp3) is 0.333. The highest BCUT2D eigenvalue weighted by Crippen LogP contribution is 2.30. The smallest absolute Gasteiger partial charge is 0.305 e. The van der Waals surface area contributed by atoms with Crippen molar-refractivity contribution in [3.05, 3.63) is 89.5 Å². The van der Waals surface area contributed by atoms with Crippen molar-refractivity contribution < 1.29 is 28.2 Å². The van der Waals surface area contributed by atoms with E-state index in [0.29, 0.717) is 11.3 Å². The van der Waals surface area contributed by atoms with Crippen molar-refractivity contribution in [3.63, 3.8) is 0 Å². The van der Waals surface area contributed by atoms with Crippen LogP contribution in [0, 0.1) is 0 Å². The first-order valence-electron chi connectivity index (χ1n) is 12.6. The molecule has 1 amide bonds. The summed E-state index contributed by atoms with van der Waals surface area (Å²) in [6.07, 6.45) is 2.46. The number of benzene rings is 3. The molecule has 0 heterocycles. The minimum Gasteiger partial charge on any atom is -0.486 e. The summed E-state index contributed by atoms with van der Waals surface area (Å²) in [6, 6.07) is 21.1. The van der Waals surface area contributed by atoms with Crippen LogP contribution < -0.4 is 10.1 Å². The normalized spacial score (nSPS) is 11.8. The van der Waals surface area contributed by atoms with Crippen molar-refractivity contribution in [1.82, 2.24) is 5.32 Å². The van der Waals surface area contributed by atoms with Crippen molar-refractivity contribution in [2.75, 3.05) is 6.54 Å². The quantitative estimate of drug-likeness (QED) is 0.220. The van der Waals surface area contributed by atoms with E-state index in [-0.39, 0.29) is 30.5 Å². The van der Waals surface area contributed by atoms with Gasteiger partial charge >= 0.3 is 5.97 Å². The zero-order valence-electron chi connectivity index (χ0n) is 21.0. The standard InChI is InChI=1S/C30H33F2NO4/c1-2-3-4-5-6-27(37-26-17-15-25(16-18-26)30(36)33-20-19-28(34)35)23-11-7-21(8-12-23)22-9-13-24(14-10-22)29(31)32/h7-18,27,29H,2-6,19-20H2,1H3,(H,33,36)(H,34,35). The molecular weight excluding hydrogens is 476 g/mol. The van der Waals surface area contributed by atoms with Crippen LogP contribution in [0.3, 0.4) is 0 Å². The number of aliphatic carboxylic acids is 1. The molecular formula is C30H33F2NO4. The molecule has 0 aliphatic heterocycles. The molecule has 7 heteroatoms. The summed E-state index contributed by atoms with van der Waals surface area (Å²) in [4.78, 5) is 22.8. The number of carboxylic acid groups (broad SMARTS) is 1. The Kier molecular flexibility index (Phi) is 10.6. The molecule has 3 aromatic rings. The molecule has 3 rings (SSSR count). The van der Waals surface area contributed by atoms with E-state index in [0.717, 1.165) is 48.8 Å². The molecule has 196 valence electrons. The zero-order valence-corrected chi connectivity index (χ0v) is 21.0. The monoisotopic (exact) mass is 509 g/mol. The van der Waals surface area contributed by atoms with Crippen LogP contribution in [0.15, 0.2) is 72.8 Å². The lowest BCUT2D eigenvalue weighted by Gasteiger charge is -2.20. The Balaban J connectivity index is 1.70. The van der Waals surface area contributed by atoms with Crippen molar-refractivity contribution >= 4 is 11.9 Å². The lowest BCUT2D eigenvalue weighted by molar-refractivity contribution is -0.136. The number of rotatable bonds is 14. The number of alkyl halides is 2.